The van der Waals surface area contributed by atoms with E-state index in [-0.39, 0.29) is 5.91 Å². The highest BCUT2D eigenvalue weighted by Gasteiger charge is 2.04. The first-order valence-corrected chi connectivity index (χ1v) is 6.54. The molecule has 1 aromatic heterocycles. The maximum absolute atomic E-state index is 11.8. The molecular formula is C14H14N2OS. The number of hydrogen-bond donors (Lipinski definition) is 1. The minimum Gasteiger partial charge on any atom is -0.267 e. The lowest BCUT2D eigenvalue weighted by Crippen LogP contribution is -2.17. The van der Waals surface area contributed by atoms with Gasteiger partial charge >= 0.3 is 0 Å². The Hall–Kier alpha value is -1.94. The molecule has 92 valence electrons. The largest absolute Gasteiger partial charge is 0.271 e. The number of carbonyl (C=O) groups is 1. The molecule has 1 aromatic carbocycles. The van der Waals surface area contributed by atoms with E-state index in [1.54, 1.807) is 23.6 Å². The molecule has 0 atom stereocenters. The van der Waals surface area contributed by atoms with Gasteiger partial charge in [-0.05, 0) is 53.9 Å². The molecule has 0 aliphatic carbocycles. The monoisotopic (exact) mass is 258 g/mol. The predicted molar refractivity (Wildman–Crippen MR) is 75.3 cm³/mol. The molecule has 0 spiro atoms. The summed E-state index contributed by atoms with van der Waals surface area (Å²) in [7, 11) is 0. The van der Waals surface area contributed by atoms with Crippen LogP contribution in [0.2, 0.25) is 0 Å². The molecule has 4 heteroatoms. The number of carbonyl (C=O) groups excluding carboxylic acids is 1. The number of thiophene rings is 1. The van der Waals surface area contributed by atoms with E-state index in [9.17, 15) is 4.79 Å². The van der Waals surface area contributed by atoms with Crippen molar-refractivity contribution in [2.24, 2.45) is 5.10 Å². The molecule has 1 heterocycles. The number of nitrogens with one attached hydrogen (secondary N) is 1. The summed E-state index contributed by atoms with van der Waals surface area (Å²) in [4.78, 5) is 11.8. The van der Waals surface area contributed by atoms with Gasteiger partial charge in [-0.25, -0.2) is 5.43 Å². The van der Waals surface area contributed by atoms with Crippen molar-refractivity contribution in [2.75, 3.05) is 0 Å². The molecule has 18 heavy (non-hydrogen) atoms. The Morgan fingerprint density at radius 3 is 2.78 bits per heavy atom. The second-order valence-corrected chi connectivity index (χ2v) is 4.83. The average molecular weight is 258 g/mol. The SMILES string of the molecule is Cc1ccc(C(=O)NN=Cc2ccsc2)cc1C. The first-order valence-electron chi connectivity index (χ1n) is 5.59. The third-order valence-electron chi connectivity index (χ3n) is 2.69. The lowest BCUT2D eigenvalue weighted by Gasteiger charge is -2.03. The summed E-state index contributed by atoms with van der Waals surface area (Å²) in [5.41, 5.74) is 6.41. The summed E-state index contributed by atoms with van der Waals surface area (Å²) in [6.07, 6.45) is 1.63. The summed E-state index contributed by atoms with van der Waals surface area (Å²) >= 11 is 1.59. The minimum absolute atomic E-state index is 0.190. The zero-order valence-corrected chi connectivity index (χ0v) is 11.1. The van der Waals surface area contributed by atoms with Crippen molar-refractivity contribution in [3.05, 3.63) is 57.3 Å². The Morgan fingerprint density at radius 1 is 1.28 bits per heavy atom. The van der Waals surface area contributed by atoms with Crippen LogP contribution in [0.5, 0.6) is 0 Å². The highest BCUT2D eigenvalue weighted by atomic mass is 32.1. The van der Waals surface area contributed by atoms with Crippen LogP contribution in [0.1, 0.15) is 27.0 Å². The number of nitrogens with zero attached hydrogens (tertiary/aromatic N) is 1. The van der Waals surface area contributed by atoms with Crippen LogP contribution in [0.4, 0.5) is 0 Å². The third kappa shape index (κ3) is 3.05. The van der Waals surface area contributed by atoms with Crippen LogP contribution in [0, 0.1) is 13.8 Å². The van der Waals surface area contributed by atoms with Gasteiger partial charge in [-0.2, -0.15) is 16.4 Å². The molecular weight excluding hydrogens is 244 g/mol. The average Bonchev–Trinajstić information content (AvgIpc) is 2.85. The number of benzene rings is 1. The van der Waals surface area contributed by atoms with E-state index in [4.69, 9.17) is 0 Å². The predicted octanol–water partition coefficient (Wildman–Crippen LogP) is 3.13. The summed E-state index contributed by atoms with van der Waals surface area (Å²) in [6.45, 7) is 4.01. The van der Waals surface area contributed by atoms with E-state index in [1.165, 1.54) is 5.56 Å². The molecule has 1 amide bonds. The van der Waals surface area contributed by atoms with E-state index in [0.717, 1.165) is 11.1 Å². The second kappa shape index (κ2) is 5.60. The smallest absolute Gasteiger partial charge is 0.267 e. The van der Waals surface area contributed by atoms with Crippen molar-refractivity contribution < 1.29 is 4.79 Å². The molecule has 0 aliphatic heterocycles. The highest BCUT2D eigenvalue weighted by molar-refractivity contribution is 7.08. The number of hydrogen-bond acceptors (Lipinski definition) is 3. The Balaban J connectivity index is 2.01. The fourth-order valence-corrected chi connectivity index (χ4v) is 2.07. The van der Waals surface area contributed by atoms with Gasteiger partial charge in [-0.3, -0.25) is 4.79 Å². The minimum atomic E-state index is -0.190. The Bertz CT molecular complexity index is 573. The Kier molecular flexibility index (Phi) is 3.89. The topological polar surface area (TPSA) is 41.5 Å². The molecule has 0 fully saturated rings. The lowest BCUT2D eigenvalue weighted by molar-refractivity contribution is 0.0955. The van der Waals surface area contributed by atoms with Gasteiger partial charge in [-0.1, -0.05) is 6.07 Å². The fourth-order valence-electron chi connectivity index (χ4n) is 1.46. The van der Waals surface area contributed by atoms with Crippen molar-refractivity contribution in [3.8, 4) is 0 Å². The molecule has 0 bridgehead atoms. The zero-order valence-electron chi connectivity index (χ0n) is 10.3. The van der Waals surface area contributed by atoms with Crippen LogP contribution in [0.15, 0.2) is 40.1 Å². The summed E-state index contributed by atoms with van der Waals surface area (Å²) < 4.78 is 0. The van der Waals surface area contributed by atoms with E-state index >= 15 is 0 Å². The summed E-state index contributed by atoms with van der Waals surface area (Å²) in [6, 6.07) is 7.55. The second-order valence-electron chi connectivity index (χ2n) is 4.05. The number of hydrazone groups is 1. The molecule has 0 saturated carbocycles. The molecule has 2 rings (SSSR count). The van der Waals surface area contributed by atoms with Crippen LogP contribution in [0.3, 0.4) is 0 Å². The van der Waals surface area contributed by atoms with E-state index in [1.807, 2.05) is 42.8 Å². The standard InChI is InChI=1S/C14H14N2OS/c1-10-3-4-13(7-11(10)2)14(17)16-15-8-12-5-6-18-9-12/h3-9H,1-2H3,(H,16,17). The quantitative estimate of drug-likeness (QED) is 0.667. The first kappa shape index (κ1) is 12.5. The van der Waals surface area contributed by atoms with Gasteiger partial charge < -0.3 is 0 Å². The third-order valence-corrected chi connectivity index (χ3v) is 3.39. The molecule has 2 aromatic rings. The summed E-state index contributed by atoms with van der Waals surface area (Å²) in [5, 5.41) is 7.85. The van der Waals surface area contributed by atoms with Crippen LogP contribution in [0.25, 0.3) is 0 Å². The van der Waals surface area contributed by atoms with Gasteiger partial charge in [0, 0.05) is 11.1 Å². The molecule has 0 unspecified atom stereocenters. The Labute approximate surface area is 110 Å². The highest BCUT2D eigenvalue weighted by Crippen LogP contribution is 2.09. The van der Waals surface area contributed by atoms with E-state index in [0.29, 0.717) is 5.56 Å². The van der Waals surface area contributed by atoms with Crippen molar-refractivity contribution in [1.29, 1.82) is 0 Å². The molecule has 0 saturated heterocycles. The lowest BCUT2D eigenvalue weighted by atomic mass is 10.1. The van der Waals surface area contributed by atoms with E-state index < -0.39 is 0 Å². The van der Waals surface area contributed by atoms with Gasteiger partial charge in [-0.15, -0.1) is 0 Å². The van der Waals surface area contributed by atoms with Crippen molar-refractivity contribution in [1.82, 2.24) is 5.43 Å². The van der Waals surface area contributed by atoms with Gasteiger partial charge in [0.25, 0.3) is 5.91 Å². The molecule has 0 radical (unpaired) electrons. The molecule has 1 N–H and O–H groups in total. The van der Waals surface area contributed by atoms with Crippen molar-refractivity contribution in [2.45, 2.75) is 13.8 Å². The van der Waals surface area contributed by atoms with Gasteiger partial charge in [0.2, 0.25) is 0 Å². The number of rotatable bonds is 3. The number of aryl methyl sites for hydroxylation is 2. The number of amides is 1. The Morgan fingerprint density at radius 2 is 2.11 bits per heavy atom. The molecule has 3 nitrogen and oxygen atoms in total. The maximum Gasteiger partial charge on any atom is 0.271 e. The summed E-state index contributed by atoms with van der Waals surface area (Å²) in [5.74, 6) is -0.190. The van der Waals surface area contributed by atoms with Crippen LogP contribution in [-0.4, -0.2) is 12.1 Å². The van der Waals surface area contributed by atoms with Crippen molar-refractivity contribution in [3.63, 3.8) is 0 Å². The van der Waals surface area contributed by atoms with Crippen molar-refractivity contribution >= 4 is 23.5 Å². The molecule has 0 aliphatic rings. The van der Waals surface area contributed by atoms with Crippen LogP contribution >= 0.6 is 11.3 Å². The van der Waals surface area contributed by atoms with Crippen LogP contribution < -0.4 is 5.43 Å². The zero-order chi connectivity index (χ0) is 13.0. The first-order chi connectivity index (χ1) is 8.66. The van der Waals surface area contributed by atoms with Gasteiger partial charge in [0.15, 0.2) is 0 Å². The van der Waals surface area contributed by atoms with Gasteiger partial charge in [0.1, 0.15) is 0 Å². The fraction of sp³-hybridized carbons (Fsp3) is 0.143. The maximum atomic E-state index is 11.8. The normalized spacial score (nSPS) is 10.8. The van der Waals surface area contributed by atoms with E-state index in [2.05, 4.69) is 10.5 Å². The van der Waals surface area contributed by atoms with Crippen LogP contribution in [-0.2, 0) is 0 Å². The van der Waals surface area contributed by atoms with Gasteiger partial charge in [0.05, 0.1) is 6.21 Å².